The number of fused-ring (bicyclic) bond motifs is 2. The van der Waals surface area contributed by atoms with Gasteiger partial charge in [-0.3, -0.25) is 9.69 Å². The van der Waals surface area contributed by atoms with Crippen LogP contribution < -0.4 is 9.64 Å². The zero-order valence-electron chi connectivity index (χ0n) is 16.7. The Bertz CT molecular complexity index is 853. The van der Waals surface area contributed by atoms with Gasteiger partial charge in [0.25, 0.3) is 0 Å². The van der Waals surface area contributed by atoms with E-state index in [0.29, 0.717) is 6.04 Å². The number of hydrogen-bond donors (Lipinski definition) is 1. The predicted octanol–water partition coefficient (Wildman–Crippen LogP) is 1.57. The number of methoxy groups -OCH3 is 2. The average molecular weight is 384 g/mol. The van der Waals surface area contributed by atoms with Gasteiger partial charge in [-0.15, -0.1) is 0 Å². The number of carbonyl (C=O) groups excluding carboxylic acids is 1. The van der Waals surface area contributed by atoms with E-state index in [0.717, 1.165) is 31.7 Å². The number of piperidine rings is 2. The molecule has 1 saturated carbocycles. The Morgan fingerprint density at radius 1 is 1.39 bits per heavy atom. The van der Waals surface area contributed by atoms with Gasteiger partial charge in [0, 0.05) is 36.8 Å². The SMILES string of the molecule is COC(=O)[C@H]1[C@H]2C[C@H]3[C@@H]4N(C)c5cc(OC)ccc5[C@]41CCN3CC2=CCO. The second kappa shape index (κ2) is 6.22. The van der Waals surface area contributed by atoms with Crippen LogP contribution in [0.2, 0.25) is 0 Å². The molecule has 0 radical (unpaired) electrons. The van der Waals surface area contributed by atoms with Gasteiger partial charge in [0.2, 0.25) is 0 Å². The summed E-state index contributed by atoms with van der Waals surface area (Å²) in [5, 5.41) is 9.58. The molecule has 3 fully saturated rings. The van der Waals surface area contributed by atoms with E-state index in [1.807, 2.05) is 12.1 Å². The molecule has 6 heteroatoms. The van der Waals surface area contributed by atoms with Gasteiger partial charge < -0.3 is 19.5 Å². The third kappa shape index (κ3) is 2.08. The van der Waals surface area contributed by atoms with Crippen molar-refractivity contribution in [3.05, 3.63) is 35.4 Å². The molecule has 6 nitrogen and oxygen atoms in total. The van der Waals surface area contributed by atoms with Gasteiger partial charge in [0.1, 0.15) is 5.75 Å². The second-order valence-electron chi connectivity index (χ2n) is 8.57. The first-order chi connectivity index (χ1) is 13.6. The lowest BCUT2D eigenvalue weighted by Crippen LogP contribution is -2.72. The fraction of sp³-hybridized carbons (Fsp3) is 0.591. The number of anilines is 1. The van der Waals surface area contributed by atoms with E-state index < -0.39 is 0 Å². The third-order valence-corrected chi connectivity index (χ3v) is 7.80. The molecular formula is C22H28N2O4. The Morgan fingerprint density at radius 3 is 2.93 bits per heavy atom. The maximum absolute atomic E-state index is 13.2. The van der Waals surface area contributed by atoms with E-state index in [1.54, 1.807) is 7.11 Å². The monoisotopic (exact) mass is 384 g/mol. The summed E-state index contributed by atoms with van der Waals surface area (Å²) in [6, 6.07) is 6.93. The van der Waals surface area contributed by atoms with Crippen LogP contribution in [0.5, 0.6) is 5.75 Å². The Labute approximate surface area is 165 Å². The van der Waals surface area contributed by atoms with Gasteiger partial charge in [-0.25, -0.2) is 0 Å². The molecule has 0 aromatic heterocycles. The molecule has 2 saturated heterocycles. The highest BCUT2D eigenvalue weighted by Crippen LogP contribution is 2.63. The van der Waals surface area contributed by atoms with Crippen molar-refractivity contribution >= 4 is 11.7 Å². The van der Waals surface area contributed by atoms with E-state index in [9.17, 15) is 9.90 Å². The zero-order chi connectivity index (χ0) is 19.6. The standard InChI is InChI=1S/C22H28N2O4/c1-23-17-10-14(27-2)4-5-16(17)22-7-8-24-12-13(6-9-25)15(11-18(24)20(22)23)19(22)21(26)28-3/h4-6,10,15,18-20,25H,7-9,11-12H2,1-3H3/t15-,18-,19+,20-,22-/m0/s1. The molecule has 5 rings (SSSR count). The van der Waals surface area contributed by atoms with Crippen molar-refractivity contribution in [2.45, 2.75) is 30.3 Å². The van der Waals surface area contributed by atoms with Gasteiger partial charge in [-0.05, 0) is 36.9 Å². The van der Waals surface area contributed by atoms with Gasteiger partial charge in [-0.1, -0.05) is 17.7 Å². The fourth-order valence-corrected chi connectivity index (χ4v) is 6.85. The van der Waals surface area contributed by atoms with Gasteiger partial charge in [0.15, 0.2) is 0 Å². The molecule has 4 aliphatic rings. The van der Waals surface area contributed by atoms with Crippen LogP contribution >= 0.6 is 0 Å². The van der Waals surface area contributed by atoms with Gasteiger partial charge in [-0.2, -0.15) is 0 Å². The Hall–Kier alpha value is -2.05. The normalized spacial score (nSPS) is 37.0. The van der Waals surface area contributed by atoms with E-state index in [4.69, 9.17) is 9.47 Å². The lowest BCUT2D eigenvalue weighted by Gasteiger charge is -2.63. The topological polar surface area (TPSA) is 62.2 Å². The average Bonchev–Trinajstić information content (AvgIpc) is 2.98. The summed E-state index contributed by atoms with van der Waals surface area (Å²) in [6.07, 6.45) is 3.80. The van der Waals surface area contributed by atoms with Crippen LogP contribution in [0.4, 0.5) is 5.69 Å². The van der Waals surface area contributed by atoms with Crippen molar-refractivity contribution in [1.82, 2.24) is 4.90 Å². The third-order valence-electron chi connectivity index (χ3n) is 7.80. The highest BCUT2D eigenvalue weighted by atomic mass is 16.5. The summed E-state index contributed by atoms with van der Waals surface area (Å²) in [5.74, 6) is 0.619. The second-order valence-corrected chi connectivity index (χ2v) is 8.57. The molecule has 1 N–H and O–H groups in total. The number of aliphatic hydroxyl groups is 1. The molecule has 3 bridgehead atoms. The largest absolute Gasteiger partial charge is 0.497 e. The van der Waals surface area contributed by atoms with Crippen LogP contribution in [0, 0.1) is 11.8 Å². The minimum Gasteiger partial charge on any atom is -0.497 e. The molecule has 28 heavy (non-hydrogen) atoms. The molecule has 0 unspecified atom stereocenters. The summed E-state index contributed by atoms with van der Waals surface area (Å²) < 4.78 is 10.9. The van der Waals surface area contributed by atoms with Crippen LogP contribution in [0.3, 0.4) is 0 Å². The highest BCUT2D eigenvalue weighted by Gasteiger charge is 2.68. The number of ether oxygens (including phenoxy) is 2. The molecular weight excluding hydrogens is 356 g/mol. The van der Waals surface area contributed by atoms with Crippen molar-refractivity contribution < 1.29 is 19.4 Å². The van der Waals surface area contributed by atoms with E-state index in [1.165, 1.54) is 23.9 Å². The molecule has 3 heterocycles. The summed E-state index contributed by atoms with van der Waals surface area (Å²) >= 11 is 0. The number of hydrogen-bond acceptors (Lipinski definition) is 6. The van der Waals surface area contributed by atoms with Crippen LogP contribution in [-0.4, -0.2) is 69.0 Å². The molecule has 0 spiro atoms. The predicted molar refractivity (Wildman–Crippen MR) is 106 cm³/mol. The smallest absolute Gasteiger partial charge is 0.310 e. The minimum absolute atomic E-state index is 0.0162. The lowest BCUT2D eigenvalue weighted by molar-refractivity contribution is -0.158. The van der Waals surface area contributed by atoms with Crippen molar-refractivity contribution in [1.29, 1.82) is 0 Å². The van der Waals surface area contributed by atoms with E-state index in [2.05, 4.69) is 29.0 Å². The molecule has 1 aromatic carbocycles. The first kappa shape index (κ1) is 18.0. The van der Waals surface area contributed by atoms with Gasteiger partial charge >= 0.3 is 5.97 Å². The molecule has 1 aliphatic carbocycles. The molecule has 150 valence electrons. The first-order valence-corrected chi connectivity index (χ1v) is 10.1. The van der Waals surface area contributed by atoms with Crippen molar-refractivity contribution in [3.8, 4) is 5.75 Å². The van der Waals surface area contributed by atoms with Crippen LogP contribution in [0.15, 0.2) is 29.8 Å². The molecule has 0 amide bonds. The number of likely N-dealkylation sites (N-methyl/N-ethyl adjacent to an activating group) is 1. The van der Waals surface area contributed by atoms with Crippen LogP contribution in [0.25, 0.3) is 0 Å². The Balaban J connectivity index is 1.74. The van der Waals surface area contributed by atoms with E-state index in [-0.39, 0.29) is 35.9 Å². The number of benzene rings is 1. The van der Waals surface area contributed by atoms with Crippen molar-refractivity contribution in [2.75, 3.05) is 45.9 Å². The van der Waals surface area contributed by atoms with Crippen molar-refractivity contribution in [3.63, 3.8) is 0 Å². The number of nitrogens with zero attached hydrogens (tertiary/aromatic N) is 2. The number of aliphatic hydroxyl groups excluding tert-OH is 1. The Kier molecular flexibility index (Phi) is 4.00. The maximum atomic E-state index is 13.2. The Morgan fingerprint density at radius 2 is 2.21 bits per heavy atom. The van der Waals surface area contributed by atoms with Crippen molar-refractivity contribution in [2.24, 2.45) is 11.8 Å². The summed E-state index contributed by atoms with van der Waals surface area (Å²) in [5.41, 5.74) is 3.34. The van der Waals surface area contributed by atoms with E-state index >= 15 is 0 Å². The summed E-state index contributed by atoms with van der Waals surface area (Å²) in [4.78, 5) is 18.1. The molecule has 3 aliphatic heterocycles. The lowest BCUT2D eigenvalue weighted by atomic mass is 9.50. The number of rotatable bonds is 3. The zero-order valence-corrected chi connectivity index (χ0v) is 16.7. The summed E-state index contributed by atoms with van der Waals surface area (Å²) in [6.45, 7) is 1.81. The fourth-order valence-electron chi connectivity index (χ4n) is 6.85. The quantitative estimate of drug-likeness (QED) is 0.631. The molecule has 5 atom stereocenters. The molecule has 1 aromatic rings. The van der Waals surface area contributed by atoms with Crippen LogP contribution in [-0.2, 0) is 14.9 Å². The maximum Gasteiger partial charge on any atom is 0.310 e. The highest BCUT2D eigenvalue weighted by molar-refractivity contribution is 5.81. The minimum atomic E-state index is -0.261. The van der Waals surface area contributed by atoms with Gasteiger partial charge in [0.05, 0.1) is 32.8 Å². The first-order valence-electron chi connectivity index (χ1n) is 10.1. The number of carbonyl (C=O) groups is 1. The summed E-state index contributed by atoms with van der Waals surface area (Å²) in [7, 11) is 5.35. The van der Waals surface area contributed by atoms with Crippen LogP contribution in [0.1, 0.15) is 18.4 Å². The number of esters is 1.